The van der Waals surface area contributed by atoms with Crippen molar-refractivity contribution in [3.63, 3.8) is 0 Å². The molecule has 2 heterocycles. The summed E-state index contributed by atoms with van der Waals surface area (Å²) >= 11 is 0. The summed E-state index contributed by atoms with van der Waals surface area (Å²) in [6.07, 6.45) is 8.20. The van der Waals surface area contributed by atoms with E-state index >= 15 is 0 Å². The molecule has 2 rings (SSSR count). The molecule has 2 aromatic heterocycles. The third-order valence-corrected chi connectivity index (χ3v) is 1.96. The number of nitrogens with zero attached hydrogens (tertiary/aromatic N) is 2. The molecule has 0 unspecified atom stereocenters. The highest BCUT2D eigenvalue weighted by atomic mass is 14.9. The third-order valence-electron chi connectivity index (χ3n) is 1.96. The van der Waals surface area contributed by atoms with Gasteiger partial charge in [0.1, 0.15) is 11.6 Å². The van der Waals surface area contributed by atoms with Crippen molar-refractivity contribution in [1.82, 2.24) is 19.9 Å². The van der Waals surface area contributed by atoms with Gasteiger partial charge in [-0.3, -0.25) is 0 Å². The molecule has 0 spiro atoms. The maximum absolute atomic E-state index is 4.06. The highest BCUT2D eigenvalue weighted by Crippen LogP contribution is 2.05. The van der Waals surface area contributed by atoms with Crippen molar-refractivity contribution in [1.29, 1.82) is 0 Å². The summed E-state index contributed by atoms with van der Waals surface area (Å²) in [6, 6.07) is 0. The minimum absolute atomic E-state index is 0.519. The third kappa shape index (κ3) is 3.97. The van der Waals surface area contributed by atoms with Gasteiger partial charge in [-0.2, -0.15) is 0 Å². The molecule has 0 aliphatic rings. The van der Waals surface area contributed by atoms with Crippen molar-refractivity contribution in [3.05, 3.63) is 36.4 Å². The van der Waals surface area contributed by atoms with Crippen molar-refractivity contribution in [2.24, 2.45) is 0 Å². The second-order valence-corrected chi connectivity index (χ2v) is 3.52. The smallest absolute Gasteiger partial charge is 0.108 e. The largest absolute Gasteiger partial charge is 0.349 e. The fourth-order valence-electron chi connectivity index (χ4n) is 1.08. The normalized spacial score (nSPS) is 9.87. The van der Waals surface area contributed by atoms with Crippen molar-refractivity contribution in [2.45, 2.75) is 33.1 Å². The Morgan fingerprint density at radius 2 is 1.80 bits per heavy atom. The fraction of sp³-hybridized carbons (Fsp3) is 0.455. The van der Waals surface area contributed by atoms with E-state index in [0.717, 1.165) is 18.1 Å². The van der Waals surface area contributed by atoms with Gasteiger partial charge in [-0.05, 0) is 0 Å². The number of rotatable bonds is 2. The molecule has 0 atom stereocenters. The van der Waals surface area contributed by atoms with Crippen LogP contribution in [0.4, 0.5) is 0 Å². The van der Waals surface area contributed by atoms with Crippen LogP contribution >= 0.6 is 0 Å². The second-order valence-electron chi connectivity index (χ2n) is 3.52. The van der Waals surface area contributed by atoms with Gasteiger partial charge in [-0.1, -0.05) is 20.8 Å². The lowest BCUT2D eigenvalue weighted by Crippen LogP contribution is -1.87. The summed E-state index contributed by atoms with van der Waals surface area (Å²) in [6.45, 7) is 6.29. The van der Waals surface area contributed by atoms with Crippen LogP contribution in [0.15, 0.2) is 24.8 Å². The van der Waals surface area contributed by atoms with Crippen LogP contribution in [-0.4, -0.2) is 19.9 Å². The molecule has 15 heavy (non-hydrogen) atoms. The minimum Gasteiger partial charge on any atom is -0.349 e. The molecular weight excluding hydrogens is 188 g/mol. The molecule has 0 aliphatic carbocycles. The monoisotopic (exact) mass is 206 g/mol. The van der Waals surface area contributed by atoms with Crippen LogP contribution in [0, 0.1) is 0 Å². The molecular formula is C11H18N4. The van der Waals surface area contributed by atoms with Gasteiger partial charge in [0, 0.05) is 37.1 Å². The topological polar surface area (TPSA) is 57.4 Å². The molecule has 2 aromatic rings. The predicted octanol–water partition coefficient (Wildman–Crippen LogP) is 2.51. The van der Waals surface area contributed by atoms with Crippen molar-refractivity contribution < 1.29 is 0 Å². The summed E-state index contributed by atoms with van der Waals surface area (Å²) in [5.41, 5.74) is 0. The van der Waals surface area contributed by atoms with Gasteiger partial charge in [0.2, 0.25) is 0 Å². The van der Waals surface area contributed by atoms with Gasteiger partial charge in [0.25, 0.3) is 0 Å². The van der Waals surface area contributed by atoms with E-state index in [9.17, 15) is 0 Å². The Morgan fingerprint density at radius 1 is 1.13 bits per heavy atom. The number of aromatic nitrogens is 4. The van der Waals surface area contributed by atoms with Crippen molar-refractivity contribution in [2.75, 3.05) is 0 Å². The number of imidazole rings is 2. The van der Waals surface area contributed by atoms with E-state index in [1.807, 2.05) is 12.4 Å². The zero-order chi connectivity index (χ0) is 11.1. The van der Waals surface area contributed by atoms with Gasteiger partial charge >= 0.3 is 0 Å². The average molecular weight is 206 g/mol. The van der Waals surface area contributed by atoms with Crippen LogP contribution in [0.2, 0.25) is 0 Å². The van der Waals surface area contributed by atoms with E-state index in [0.29, 0.717) is 5.92 Å². The van der Waals surface area contributed by atoms with Gasteiger partial charge in [0.05, 0.1) is 0 Å². The van der Waals surface area contributed by atoms with Gasteiger partial charge in [-0.15, -0.1) is 0 Å². The quantitative estimate of drug-likeness (QED) is 0.793. The number of nitrogens with one attached hydrogen (secondary N) is 2. The maximum atomic E-state index is 4.06. The molecule has 0 radical (unpaired) electrons. The van der Waals surface area contributed by atoms with Gasteiger partial charge in [-0.25, -0.2) is 9.97 Å². The zero-order valence-corrected chi connectivity index (χ0v) is 9.49. The van der Waals surface area contributed by atoms with Crippen LogP contribution in [-0.2, 0) is 6.42 Å². The molecule has 0 saturated carbocycles. The Hall–Kier alpha value is -1.58. The lowest BCUT2D eigenvalue weighted by molar-refractivity contribution is 0.794. The maximum Gasteiger partial charge on any atom is 0.108 e. The molecule has 2 N–H and O–H groups in total. The van der Waals surface area contributed by atoms with Crippen LogP contribution in [0.3, 0.4) is 0 Å². The Labute approximate surface area is 90.2 Å². The first-order valence-corrected chi connectivity index (χ1v) is 5.21. The first-order valence-electron chi connectivity index (χ1n) is 5.21. The standard InChI is InChI=1S/C6H10N2.C5H8N2/c1-5(2)6-7-3-4-8-6;1-2-5-6-3-4-7-5/h3-5H,1-2H3,(H,7,8);3-4H,2H2,1H3,(H,6,7). The molecule has 82 valence electrons. The molecule has 4 heteroatoms. The molecule has 0 saturated heterocycles. The molecule has 4 nitrogen and oxygen atoms in total. The summed E-state index contributed by atoms with van der Waals surface area (Å²) in [5, 5.41) is 0. The number of aromatic amines is 2. The lowest BCUT2D eigenvalue weighted by atomic mass is 10.2. The summed E-state index contributed by atoms with van der Waals surface area (Å²) in [7, 11) is 0. The Balaban J connectivity index is 0.000000151. The first-order chi connectivity index (χ1) is 7.24. The summed E-state index contributed by atoms with van der Waals surface area (Å²) in [5.74, 6) is 2.63. The molecule has 0 aromatic carbocycles. The SMILES string of the molecule is CC(C)c1ncc[nH]1.CCc1ncc[nH]1. The van der Waals surface area contributed by atoms with E-state index < -0.39 is 0 Å². The van der Waals surface area contributed by atoms with Gasteiger partial charge in [0.15, 0.2) is 0 Å². The van der Waals surface area contributed by atoms with E-state index in [1.54, 1.807) is 12.4 Å². The number of hydrogen-bond donors (Lipinski definition) is 2. The second kappa shape index (κ2) is 6.01. The predicted molar refractivity (Wildman–Crippen MR) is 60.6 cm³/mol. The van der Waals surface area contributed by atoms with Crippen LogP contribution in [0.25, 0.3) is 0 Å². The molecule has 0 aliphatic heterocycles. The van der Waals surface area contributed by atoms with Crippen molar-refractivity contribution >= 4 is 0 Å². The van der Waals surface area contributed by atoms with E-state index in [2.05, 4.69) is 40.7 Å². The van der Waals surface area contributed by atoms with Crippen LogP contribution in [0.1, 0.15) is 38.3 Å². The Morgan fingerprint density at radius 3 is 2.07 bits per heavy atom. The Kier molecular flexibility index (Phi) is 4.60. The van der Waals surface area contributed by atoms with Crippen LogP contribution < -0.4 is 0 Å². The van der Waals surface area contributed by atoms with E-state index in [4.69, 9.17) is 0 Å². The summed E-state index contributed by atoms with van der Waals surface area (Å²) < 4.78 is 0. The first kappa shape index (κ1) is 11.5. The Bertz CT molecular complexity index is 335. The van der Waals surface area contributed by atoms with Gasteiger partial charge < -0.3 is 9.97 Å². The zero-order valence-electron chi connectivity index (χ0n) is 9.49. The van der Waals surface area contributed by atoms with Crippen LogP contribution in [0.5, 0.6) is 0 Å². The molecule has 0 bridgehead atoms. The highest BCUT2D eigenvalue weighted by Gasteiger charge is 1.96. The van der Waals surface area contributed by atoms with E-state index in [-0.39, 0.29) is 0 Å². The highest BCUT2D eigenvalue weighted by molar-refractivity contribution is 4.92. The molecule has 0 amide bonds. The minimum atomic E-state index is 0.519. The lowest BCUT2D eigenvalue weighted by Gasteiger charge is -1.95. The van der Waals surface area contributed by atoms with Crippen molar-refractivity contribution in [3.8, 4) is 0 Å². The average Bonchev–Trinajstić information content (AvgIpc) is 2.92. The molecule has 0 fully saturated rings. The number of aryl methyl sites for hydroxylation is 1. The summed E-state index contributed by atoms with van der Waals surface area (Å²) in [4.78, 5) is 14.0. The number of H-pyrrole nitrogens is 2. The fourth-order valence-corrected chi connectivity index (χ4v) is 1.08. The van der Waals surface area contributed by atoms with E-state index in [1.165, 1.54) is 0 Å². The number of hydrogen-bond acceptors (Lipinski definition) is 2.